The number of likely N-dealkylation sites (tertiary alicyclic amines) is 1. The third kappa shape index (κ3) is 2.79. The molecule has 6 atom stereocenters. The van der Waals surface area contributed by atoms with Crippen LogP contribution < -0.4 is 5.32 Å². The number of imide groups is 1. The van der Waals surface area contributed by atoms with Crippen LogP contribution in [0, 0.1) is 35.5 Å². The summed E-state index contributed by atoms with van der Waals surface area (Å²) in [5, 5.41) is 2.69. The number of hydrogen-bond donors (Lipinski definition) is 1. The summed E-state index contributed by atoms with van der Waals surface area (Å²) >= 11 is 0. The molecule has 1 heterocycles. The standard InChI is InChI=1S/C22H22N2O5/c1-2-29-22(28)11-3-5-12(6-4-11)23-17(25)10-24-20(26)18-13-7-8-14(16-9-15(13)16)19(18)21(24)27/h3-8,13-16,18-19H,2,9-10H2,1H3,(H,23,25)/t13-,14-,15-,16-,18+,19+/m1/s1. The third-order valence-corrected chi connectivity index (χ3v) is 6.74. The summed E-state index contributed by atoms with van der Waals surface area (Å²) in [5.41, 5.74) is 0.878. The molecule has 5 aliphatic rings. The van der Waals surface area contributed by atoms with Crippen molar-refractivity contribution < 1.29 is 23.9 Å². The number of hydrogen-bond acceptors (Lipinski definition) is 5. The van der Waals surface area contributed by atoms with Gasteiger partial charge in [0, 0.05) is 5.69 Å². The normalized spacial score (nSPS) is 33.3. The maximum absolute atomic E-state index is 12.9. The van der Waals surface area contributed by atoms with Crippen molar-refractivity contribution >= 4 is 29.4 Å². The van der Waals surface area contributed by atoms with E-state index in [9.17, 15) is 19.2 Å². The first kappa shape index (κ1) is 18.1. The second kappa shape index (κ2) is 6.54. The molecule has 2 bridgehead atoms. The van der Waals surface area contributed by atoms with Crippen LogP contribution in [0.4, 0.5) is 5.69 Å². The molecule has 0 aromatic heterocycles. The fraction of sp³-hybridized carbons (Fsp3) is 0.455. The van der Waals surface area contributed by atoms with Crippen LogP contribution in [0.25, 0.3) is 0 Å². The van der Waals surface area contributed by atoms with Crippen molar-refractivity contribution in [3.05, 3.63) is 42.0 Å². The topological polar surface area (TPSA) is 92.8 Å². The molecule has 0 unspecified atom stereocenters. The Kier molecular flexibility index (Phi) is 4.08. The minimum Gasteiger partial charge on any atom is -0.462 e. The maximum Gasteiger partial charge on any atom is 0.338 e. The number of esters is 1. The largest absolute Gasteiger partial charge is 0.462 e. The summed E-state index contributed by atoms with van der Waals surface area (Å²) in [7, 11) is 0. The van der Waals surface area contributed by atoms with Gasteiger partial charge in [0.2, 0.25) is 17.7 Å². The second-order valence-corrected chi connectivity index (χ2v) is 8.26. The molecule has 3 amide bonds. The second-order valence-electron chi connectivity index (χ2n) is 8.26. The number of ether oxygens (including phenoxy) is 1. The smallest absolute Gasteiger partial charge is 0.338 e. The lowest BCUT2D eigenvalue weighted by Crippen LogP contribution is -2.40. The van der Waals surface area contributed by atoms with E-state index in [2.05, 4.69) is 17.5 Å². The predicted octanol–water partition coefficient (Wildman–Crippen LogP) is 1.85. The summed E-state index contributed by atoms with van der Waals surface area (Å²) in [6.07, 6.45) is 5.33. The number of nitrogens with one attached hydrogen (secondary N) is 1. The third-order valence-electron chi connectivity index (χ3n) is 6.74. The minimum absolute atomic E-state index is 0.148. The van der Waals surface area contributed by atoms with E-state index >= 15 is 0 Å². The quantitative estimate of drug-likeness (QED) is 0.467. The Morgan fingerprint density at radius 1 is 1.03 bits per heavy atom. The number of anilines is 1. The van der Waals surface area contributed by atoms with Crippen molar-refractivity contribution in [3.63, 3.8) is 0 Å². The SMILES string of the molecule is CCOC(=O)c1ccc(NC(=O)CN2C(=O)[C@H]3[C@@H]4C=C[C@H]([C@H]5C[C@H]45)[C@@H]3C2=O)cc1. The van der Waals surface area contributed by atoms with Gasteiger partial charge in [-0.3, -0.25) is 19.3 Å². The van der Waals surface area contributed by atoms with Gasteiger partial charge in [0.25, 0.3) is 0 Å². The molecule has 29 heavy (non-hydrogen) atoms. The molecule has 0 spiro atoms. The van der Waals surface area contributed by atoms with Crippen LogP contribution in [0.2, 0.25) is 0 Å². The van der Waals surface area contributed by atoms with Gasteiger partial charge in [0.1, 0.15) is 6.54 Å². The molecule has 7 heteroatoms. The number of allylic oxidation sites excluding steroid dienone is 2. The predicted molar refractivity (Wildman–Crippen MR) is 102 cm³/mol. The summed E-state index contributed by atoms with van der Waals surface area (Å²) in [6.45, 7) is 1.74. The van der Waals surface area contributed by atoms with Crippen molar-refractivity contribution in [3.8, 4) is 0 Å². The van der Waals surface area contributed by atoms with E-state index in [-0.39, 0.29) is 48.6 Å². The number of amides is 3. The molecular weight excluding hydrogens is 372 g/mol. The molecule has 4 aliphatic carbocycles. The van der Waals surface area contributed by atoms with Gasteiger partial charge in [0.15, 0.2) is 0 Å². The molecule has 0 radical (unpaired) electrons. The summed E-state index contributed by atoms with van der Waals surface area (Å²) in [6, 6.07) is 6.30. The van der Waals surface area contributed by atoms with Gasteiger partial charge in [-0.15, -0.1) is 0 Å². The Bertz CT molecular complexity index is 901. The highest BCUT2D eigenvalue weighted by Gasteiger charge is 2.67. The monoisotopic (exact) mass is 394 g/mol. The summed E-state index contributed by atoms with van der Waals surface area (Å²) < 4.78 is 4.93. The van der Waals surface area contributed by atoms with Gasteiger partial charge >= 0.3 is 5.97 Å². The molecule has 1 aliphatic heterocycles. The zero-order valence-corrected chi connectivity index (χ0v) is 16.0. The molecule has 150 valence electrons. The number of benzene rings is 1. The molecule has 1 saturated heterocycles. The Labute approximate surface area is 168 Å². The van der Waals surface area contributed by atoms with E-state index in [4.69, 9.17) is 4.74 Å². The van der Waals surface area contributed by atoms with E-state index in [1.807, 2.05) is 0 Å². The lowest BCUT2D eigenvalue weighted by molar-refractivity contribution is -0.142. The number of carbonyl (C=O) groups excluding carboxylic acids is 4. The molecule has 1 aromatic carbocycles. The van der Waals surface area contributed by atoms with E-state index in [0.717, 1.165) is 11.3 Å². The van der Waals surface area contributed by atoms with Crippen molar-refractivity contribution in [2.45, 2.75) is 13.3 Å². The highest BCUT2D eigenvalue weighted by Crippen LogP contribution is 2.65. The summed E-state index contributed by atoms with van der Waals surface area (Å²) in [5.74, 6) is -0.498. The zero-order chi connectivity index (χ0) is 20.3. The number of nitrogens with zero attached hydrogens (tertiary/aromatic N) is 1. The number of rotatable bonds is 5. The van der Waals surface area contributed by atoms with E-state index in [1.165, 1.54) is 0 Å². The van der Waals surface area contributed by atoms with Gasteiger partial charge in [0.05, 0.1) is 24.0 Å². The first-order chi connectivity index (χ1) is 14.0. The molecule has 2 saturated carbocycles. The van der Waals surface area contributed by atoms with Crippen molar-refractivity contribution in [2.75, 3.05) is 18.5 Å². The van der Waals surface area contributed by atoms with Crippen LogP contribution in [0.15, 0.2) is 36.4 Å². The first-order valence-corrected chi connectivity index (χ1v) is 10.1. The van der Waals surface area contributed by atoms with Gasteiger partial charge in [-0.05, 0) is 61.3 Å². The van der Waals surface area contributed by atoms with Crippen LogP contribution >= 0.6 is 0 Å². The fourth-order valence-electron chi connectivity index (χ4n) is 5.42. The molecule has 1 aromatic rings. The number of carbonyl (C=O) groups is 4. The Morgan fingerprint density at radius 2 is 1.62 bits per heavy atom. The minimum atomic E-state index is -0.431. The van der Waals surface area contributed by atoms with E-state index in [1.54, 1.807) is 31.2 Å². The molecule has 7 nitrogen and oxygen atoms in total. The Hall–Kier alpha value is -2.96. The average molecular weight is 394 g/mol. The average Bonchev–Trinajstić information content (AvgIpc) is 3.50. The van der Waals surface area contributed by atoms with Crippen LogP contribution in [-0.2, 0) is 19.1 Å². The van der Waals surface area contributed by atoms with Gasteiger partial charge in [-0.25, -0.2) is 4.79 Å². The maximum atomic E-state index is 12.9. The fourth-order valence-corrected chi connectivity index (χ4v) is 5.42. The molecule has 6 rings (SSSR count). The lowest BCUT2D eigenvalue weighted by Gasteiger charge is -2.37. The molecule has 1 N–H and O–H groups in total. The highest BCUT2D eigenvalue weighted by atomic mass is 16.5. The lowest BCUT2D eigenvalue weighted by atomic mass is 9.63. The van der Waals surface area contributed by atoms with Crippen LogP contribution in [-0.4, -0.2) is 41.7 Å². The summed E-state index contributed by atoms with van der Waals surface area (Å²) in [4.78, 5) is 51.1. The van der Waals surface area contributed by atoms with Crippen LogP contribution in [0.5, 0.6) is 0 Å². The first-order valence-electron chi connectivity index (χ1n) is 10.1. The van der Waals surface area contributed by atoms with Crippen molar-refractivity contribution in [1.82, 2.24) is 4.90 Å². The van der Waals surface area contributed by atoms with Crippen LogP contribution in [0.1, 0.15) is 23.7 Å². The van der Waals surface area contributed by atoms with Gasteiger partial charge in [-0.1, -0.05) is 12.2 Å². The van der Waals surface area contributed by atoms with E-state index < -0.39 is 11.9 Å². The van der Waals surface area contributed by atoms with E-state index in [0.29, 0.717) is 23.1 Å². The van der Waals surface area contributed by atoms with Crippen molar-refractivity contribution in [1.29, 1.82) is 0 Å². The highest BCUT2D eigenvalue weighted by molar-refractivity contribution is 6.09. The van der Waals surface area contributed by atoms with Gasteiger partial charge < -0.3 is 10.1 Å². The molecule has 3 fully saturated rings. The Morgan fingerprint density at radius 3 is 2.17 bits per heavy atom. The molecular formula is C22H22N2O5. The Balaban J connectivity index is 1.24. The van der Waals surface area contributed by atoms with Crippen molar-refractivity contribution in [2.24, 2.45) is 35.5 Å². The zero-order valence-electron chi connectivity index (χ0n) is 16.0. The van der Waals surface area contributed by atoms with Gasteiger partial charge in [-0.2, -0.15) is 0 Å². The van der Waals surface area contributed by atoms with Crippen LogP contribution in [0.3, 0.4) is 0 Å².